The maximum absolute atomic E-state index is 12.0. The van der Waals surface area contributed by atoms with Crippen LogP contribution in [-0.2, 0) is 4.79 Å². The molecule has 4 heteroatoms. The largest absolute Gasteiger partial charge is 0.392 e. The highest BCUT2D eigenvalue weighted by Crippen LogP contribution is 2.19. The fourth-order valence-corrected chi connectivity index (χ4v) is 2.41. The van der Waals surface area contributed by atoms with Gasteiger partial charge in [-0.3, -0.25) is 4.79 Å². The van der Waals surface area contributed by atoms with Crippen molar-refractivity contribution in [1.82, 2.24) is 5.32 Å². The van der Waals surface area contributed by atoms with E-state index in [0.717, 1.165) is 16.5 Å². The molecule has 2 aromatic rings. The molecule has 0 saturated carbocycles. The number of fused-ring (bicyclic) bond motifs is 1. The third-order valence-corrected chi connectivity index (χ3v) is 3.44. The van der Waals surface area contributed by atoms with Crippen LogP contribution in [0.2, 0.25) is 0 Å². The van der Waals surface area contributed by atoms with Gasteiger partial charge in [-0.25, -0.2) is 0 Å². The van der Waals surface area contributed by atoms with E-state index in [1.165, 1.54) is 0 Å². The third kappa shape index (κ3) is 2.59. The summed E-state index contributed by atoms with van der Waals surface area (Å²) in [5, 5.41) is 17.5. The van der Waals surface area contributed by atoms with Gasteiger partial charge in [-0.1, -0.05) is 30.3 Å². The number of β-amino-alcohol motifs (C(OH)–C–C–N with tert-alkyl or cyclic N) is 1. The molecule has 0 unspecified atom stereocenters. The van der Waals surface area contributed by atoms with Crippen molar-refractivity contribution < 1.29 is 9.90 Å². The highest BCUT2D eigenvalue weighted by molar-refractivity contribution is 5.97. The molecule has 98 valence electrons. The minimum Gasteiger partial charge on any atom is -0.392 e. The summed E-state index contributed by atoms with van der Waals surface area (Å²) < 4.78 is 0. The van der Waals surface area contributed by atoms with E-state index in [0.29, 0.717) is 13.0 Å². The Kier molecular flexibility index (Phi) is 3.19. The molecule has 1 amide bonds. The SMILES string of the molecule is O=C(Nc1ccc2ccccc2c1)[C@@H]1C[C@@H](O)CN1. The molecular formula is C15H16N2O2. The van der Waals surface area contributed by atoms with E-state index < -0.39 is 6.10 Å². The van der Waals surface area contributed by atoms with Gasteiger partial charge in [-0.2, -0.15) is 0 Å². The van der Waals surface area contributed by atoms with Crippen molar-refractivity contribution in [2.24, 2.45) is 0 Å². The Morgan fingerprint density at radius 2 is 2.00 bits per heavy atom. The summed E-state index contributed by atoms with van der Waals surface area (Å²) in [6.45, 7) is 0.482. The van der Waals surface area contributed by atoms with Crippen molar-refractivity contribution in [2.75, 3.05) is 11.9 Å². The van der Waals surface area contributed by atoms with Crippen LogP contribution in [0.4, 0.5) is 5.69 Å². The van der Waals surface area contributed by atoms with E-state index >= 15 is 0 Å². The lowest BCUT2D eigenvalue weighted by atomic mass is 10.1. The molecule has 2 aromatic carbocycles. The minimum absolute atomic E-state index is 0.0909. The van der Waals surface area contributed by atoms with E-state index in [-0.39, 0.29) is 11.9 Å². The monoisotopic (exact) mass is 256 g/mol. The zero-order valence-electron chi connectivity index (χ0n) is 10.5. The number of rotatable bonds is 2. The van der Waals surface area contributed by atoms with Gasteiger partial charge in [-0.05, 0) is 29.3 Å². The van der Waals surface area contributed by atoms with Crippen LogP contribution in [-0.4, -0.2) is 29.7 Å². The van der Waals surface area contributed by atoms with E-state index in [1.54, 1.807) is 0 Å². The molecule has 3 N–H and O–H groups in total. The molecule has 0 radical (unpaired) electrons. The number of hydrogen-bond acceptors (Lipinski definition) is 3. The number of aliphatic hydroxyl groups excluding tert-OH is 1. The number of carbonyl (C=O) groups is 1. The fourth-order valence-electron chi connectivity index (χ4n) is 2.41. The molecular weight excluding hydrogens is 240 g/mol. The maximum atomic E-state index is 12.0. The predicted octanol–water partition coefficient (Wildman–Crippen LogP) is 1.50. The average molecular weight is 256 g/mol. The van der Waals surface area contributed by atoms with Crippen LogP contribution in [0.1, 0.15) is 6.42 Å². The first-order chi connectivity index (χ1) is 9.22. The molecule has 1 aliphatic rings. The molecule has 0 bridgehead atoms. The van der Waals surface area contributed by atoms with Gasteiger partial charge in [0.2, 0.25) is 5.91 Å². The van der Waals surface area contributed by atoms with E-state index in [1.807, 2.05) is 42.5 Å². The molecule has 0 aliphatic carbocycles. The molecule has 2 atom stereocenters. The van der Waals surface area contributed by atoms with Gasteiger partial charge in [-0.15, -0.1) is 0 Å². The summed E-state index contributed by atoms with van der Waals surface area (Å²) in [5.41, 5.74) is 0.784. The number of hydrogen-bond donors (Lipinski definition) is 3. The summed E-state index contributed by atoms with van der Waals surface area (Å²) in [6, 6.07) is 13.6. The fraction of sp³-hybridized carbons (Fsp3) is 0.267. The summed E-state index contributed by atoms with van der Waals surface area (Å²) >= 11 is 0. The lowest BCUT2D eigenvalue weighted by molar-refractivity contribution is -0.117. The zero-order chi connectivity index (χ0) is 13.2. The average Bonchev–Trinajstić information content (AvgIpc) is 2.85. The van der Waals surface area contributed by atoms with Crippen LogP contribution in [0.15, 0.2) is 42.5 Å². The number of anilines is 1. The Labute approximate surface area is 111 Å². The van der Waals surface area contributed by atoms with Crippen molar-refractivity contribution in [1.29, 1.82) is 0 Å². The van der Waals surface area contributed by atoms with E-state index in [9.17, 15) is 9.90 Å². The van der Waals surface area contributed by atoms with Crippen LogP contribution in [0.3, 0.4) is 0 Å². The molecule has 0 spiro atoms. The second-order valence-electron chi connectivity index (χ2n) is 4.90. The summed E-state index contributed by atoms with van der Waals surface area (Å²) in [5.74, 6) is -0.0909. The van der Waals surface area contributed by atoms with Crippen LogP contribution >= 0.6 is 0 Å². The third-order valence-electron chi connectivity index (χ3n) is 3.44. The Balaban J connectivity index is 1.76. The van der Waals surface area contributed by atoms with Gasteiger partial charge < -0.3 is 15.7 Å². The van der Waals surface area contributed by atoms with Crippen molar-refractivity contribution in [3.8, 4) is 0 Å². The van der Waals surface area contributed by atoms with Gasteiger partial charge in [0.05, 0.1) is 12.1 Å². The van der Waals surface area contributed by atoms with Crippen molar-refractivity contribution in [2.45, 2.75) is 18.6 Å². The molecule has 1 heterocycles. The summed E-state index contributed by atoms with van der Waals surface area (Å²) in [4.78, 5) is 12.0. The number of aliphatic hydroxyl groups is 1. The minimum atomic E-state index is -0.424. The number of benzene rings is 2. The van der Waals surface area contributed by atoms with Crippen molar-refractivity contribution in [3.05, 3.63) is 42.5 Å². The van der Waals surface area contributed by atoms with E-state index in [2.05, 4.69) is 10.6 Å². The van der Waals surface area contributed by atoms with Gasteiger partial charge >= 0.3 is 0 Å². The maximum Gasteiger partial charge on any atom is 0.241 e. The van der Waals surface area contributed by atoms with Crippen molar-refractivity contribution in [3.63, 3.8) is 0 Å². The van der Waals surface area contributed by atoms with Crippen LogP contribution < -0.4 is 10.6 Å². The normalized spacial score (nSPS) is 22.6. The Morgan fingerprint density at radius 1 is 1.21 bits per heavy atom. The van der Waals surface area contributed by atoms with Crippen LogP contribution in [0, 0.1) is 0 Å². The molecule has 1 saturated heterocycles. The van der Waals surface area contributed by atoms with Gasteiger partial charge in [0, 0.05) is 12.2 Å². The van der Waals surface area contributed by atoms with Crippen molar-refractivity contribution >= 4 is 22.4 Å². The van der Waals surface area contributed by atoms with Gasteiger partial charge in [0.15, 0.2) is 0 Å². The van der Waals surface area contributed by atoms with E-state index in [4.69, 9.17) is 0 Å². The summed E-state index contributed by atoms with van der Waals surface area (Å²) in [7, 11) is 0. The molecule has 1 fully saturated rings. The topological polar surface area (TPSA) is 61.4 Å². The predicted molar refractivity (Wildman–Crippen MR) is 75.0 cm³/mol. The first kappa shape index (κ1) is 12.1. The lowest BCUT2D eigenvalue weighted by Crippen LogP contribution is -2.35. The van der Waals surface area contributed by atoms with Gasteiger partial charge in [0.25, 0.3) is 0 Å². The summed E-state index contributed by atoms with van der Waals surface area (Å²) in [6.07, 6.45) is 0.0479. The Bertz CT molecular complexity index is 612. The highest BCUT2D eigenvalue weighted by Gasteiger charge is 2.27. The lowest BCUT2D eigenvalue weighted by Gasteiger charge is -2.11. The zero-order valence-corrected chi connectivity index (χ0v) is 10.5. The van der Waals surface area contributed by atoms with Crippen LogP contribution in [0.5, 0.6) is 0 Å². The van der Waals surface area contributed by atoms with Gasteiger partial charge in [0.1, 0.15) is 0 Å². The Morgan fingerprint density at radius 3 is 2.74 bits per heavy atom. The quantitative estimate of drug-likeness (QED) is 0.763. The Hall–Kier alpha value is -1.91. The second kappa shape index (κ2) is 4.99. The first-order valence-corrected chi connectivity index (χ1v) is 6.43. The molecule has 1 aliphatic heterocycles. The first-order valence-electron chi connectivity index (χ1n) is 6.43. The number of nitrogens with one attached hydrogen (secondary N) is 2. The molecule has 4 nitrogen and oxygen atoms in total. The molecule has 19 heavy (non-hydrogen) atoms. The number of amides is 1. The van der Waals surface area contributed by atoms with Crippen LogP contribution in [0.25, 0.3) is 10.8 Å². The molecule has 0 aromatic heterocycles. The second-order valence-corrected chi connectivity index (χ2v) is 4.90. The standard InChI is InChI=1S/C15H16N2O2/c18-13-8-14(16-9-13)15(19)17-12-6-5-10-3-1-2-4-11(10)7-12/h1-7,13-14,16,18H,8-9H2,(H,17,19)/t13-,14+/m1/s1. The smallest absolute Gasteiger partial charge is 0.241 e. The molecule has 3 rings (SSSR count). The number of carbonyl (C=O) groups excluding carboxylic acids is 1. The highest BCUT2D eigenvalue weighted by atomic mass is 16.3.